The maximum atomic E-state index is 13.9. The van der Waals surface area contributed by atoms with E-state index in [9.17, 15) is 13.6 Å². The van der Waals surface area contributed by atoms with Gasteiger partial charge in [0, 0.05) is 23.9 Å². The van der Waals surface area contributed by atoms with Crippen LogP contribution in [0, 0.1) is 0 Å². The highest BCUT2D eigenvalue weighted by Crippen LogP contribution is 2.30. The molecule has 1 heterocycles. The van der Waals surface area contributed by atoms with Gasteiger partial charge >= 0.3 is 5.97 Å². The number of aromatic nitrogens is 1. The first-order valence-electron chi connectivity index (χ1n) is 5.94. The molecule has 0 aromatic carbocycles. The lowest BCUT2D eigenvalue weighted by Crippen LogP contribution is -2.23. The molecule has 0 N–H and O–H groups in total. The van der Waals surface area contributed by atoms with Gasteiger partial charge < -0.3 is 9.47 Å². The van der Waals surface area contributed by atoms with Crippen LogP contribution in [0.25, 0.3) is 0 Å². The van der Waals surface area contributed by atoms with Gasteiger partial charge in [-0.05, 0) is 32.9 Å². The molecule has 1 aromatic heterocycles. The molecule has 110 valence electrons. The lowest BCUT2D eigenvalue weighted by atomic mass is 10.1. The molecule has 0 fully saturated rings. The standard InChI is InChI=1S/C14H17F2NO3/c1-13(2,3)20-12(18)5-7-14(15,16)10-6-8-17-11(9-10)19-4/h5-9H,1-4H3/b7-5+. The van der Waals surface area contributed by atoms with Crippen LogP contribution in [0.5, 0.6) is 5.88 Å². The van der Waals surface area contributed by atoms with Crippen molar-refractivity contribution in [2.45, 2.75) is 32.3 Å². The summed E-state index contributed by atoms with van der Waals surface area (Å²) in [5, 5.41) is 0. The molecule has 0 radical (unpaired) electrons. The number of nitrogens with zero attached hydrogens (tertiary/aromatic N) is 1. The molecular weight excluding hydrogens is 268 g/mol. The average molecular weight is 285 g/mol. The average Bonchev–Trinajstić information content (AvgIpc) is 2.35. The number of rotatable bonds is 4. The number of halogens is 2. The van der Waals surface area contributed by atoms with Gasteiger partial charge in [-0.2, -0.15) is 8.78 Å². The minimum Gasteiger partial charge on any atom is -0.481 e. The molecule has 0 unspecified atom stereocenters. The number of alkyl halides is 2. The molecule has 6 heteroatoms. The van der Waals surface area contributed by atoms with Crippen LogP contribution < -0.4 is 4.74 Å². The van der Waals surface area contributed by atoms with Crippen LogP contribution in [0.2, 0.25) is 0 Å². The van der Waals surface area contributed by atoms with E-state index in [0.29, 0.717) is 6.08 Å². The second kappa shape index (κ2) is 5.98. The normalized spacial score (nSPS) is 12.5. The summed E-state index contributed by atoms with van der Waals surface area (Å²) in [6, 6.07) is 2.27. The summed E-state index contributed by atoms with van der Waals surface area (Å²) in [6.07, 6.45) is 2.43. The van der Waals surface area contributed by atoms with Crippen molar-refractivity contribution >= 4 is 5.97 Å². The van der Waals surface area contributed by atoms with Crippen LogP contribution in [0.15, 0.2) is 30.5 Å². The van der Waals surface area contributed by atoms with Crippen LogP contribution in [-0.2, 0) is 15.5 Å². The highest BCUT2D eigenvalue weighted by molar-refractivity contribution is 5.82. The fourth-order valence-corrected chi connectivity index (χ4v) is 1.33. The van der Waals surface area contributed by atoms with Gasteiger partial charge in [0.25, 0.3) is 5.92 Å². The van der Waals surface area contributed by atoms with Gasteiger partial charge in [0.15, 0.2) is 0 Å². The van der Waals surface area contributed by atoms with Crippen LogP contribution in [-0.4, -0.2) is 23.7 Å². The monoisotopic (exact) mass is 285 g/mol. The number of carbonyl (C=O) groups is 1. The maximum absolute atomic E-state index is 13.9. The van der Waals surface area contributed by atoms with E-state index in [2.05, 4.69) is 4.98 Å². The highest BCUT2D eigenvalue weighted by Gasteiger charge is 2.29. The van der Waals surface area contributed by atoms with Gasteiger partial charge in [-0.3, -0.25) is 0 Å². The molecule has 20 heavy (non-hydrogen) atoms. The number of pyridine rings is 1. The van der Waals surface area contributed by atoms with Gasteiger partial charge in [0.2, 0.25) is 5.88 Å². The molecular formula is C14H17F2NO3. The van der Waals surface area contributed by atoms with E-state index in [0.717, 1.165) is 18.2 Å². The highest BCUT2D eigenvalue weighted by atomic mass is 19.3. The first kappa shape index (κ1) is 16.1. The van der Waals surface area contributed by atoms with E-state index in [1.54, 1.807) is 20.8 Å². The third-order valence-electron chi connectivity index (χ3n) is 2.16. The van der Waals surface area contributed by atoms with Crippen LogP contribution in [0.4, 0.5) is 8.78 Å². The molecule has 0 aliphatic heterocycles. The second-order valence-corrected chi connectivity index (χ2v) is 5.08. The van der Waals surface area contributed by atoms with Crippen molar-refractivity contribution in [2.24, 2.45) is 0 Å². The first-order chi connectivity index (χ1) is 9.14. The number of allylic oxidation sites excluding steroid dienone is 1. The lowest BCUT2D eigenvalue weighted by molar-refractivity contribution is -0.148. The number of methoxy groups -OCH3 is 1. The summed E-state index contributed by atoms with van der Waals surface area (Å²) in [5.41, 5.74) is -1.04. The Labute approximate surface area is 116 Å². The van der Waals surface area contributed by atoms with Crippen molar-refractivity contribution in [1.82, 2.24) is 4.98 Å². The summed E-state index contributed by atoms with van der Waals surface area (Å²) in [5.74, 6) is -4.06. The van der Waals surface area contributed by atoms with E-state index >= 15 is 0 Å². The Balaban J connectivity index is 2.85. The fraction of sp³-hybridized carbons (Fsp3) is 0.429. The molecule has 0 saturated heterocycles. The number of hydrogen-bond donors (Lipinski definition) is 0. The minimum atomic E-state index is -3.31. The maximum Gasteiger partial charge on any atom is 0.331 e. The molecule has 0 saturated carbocycles. The Hall–Kier alpha value is -1.98. The first-order valence-corrected chi connectivity index (χ1v) is 5.94. The number of esters is 1. The zero-order valence-electron chi connectivity index (χ0n) is 11.8. The summed E-state index contributed by atoms with van der Waals surface area (Å²) in [7, 11) is 1.33. The number of ether oxygens (including phenoxy) is 2. The third kappa shape index (κ3) is 4.95. The summed E-state index contributed by atoms with van der Waals surface area (Å²) in [4.78, 5) is 15.1. The van der Waals surface area contributed by atoms with E-state index in [-0.39, 0.29) is 11.4 Å². The smallest absolute Gasteiger partial charge is 0.331 e. The molecule has 0 atom stereocenters. The van der Waals surface area contributed by atoms with Gasteiger partial charge in [0.05, 0.1) is 7.11 Å². The predicted octanol–water partition coefficient (Wildman–Crippen LogP) is 3.08. The summed E-state index contributed by atoms with van der Waals surface area (Å²) >= 11 is 0. The second-order valence-electron chi connectivity index (χ2n) is 5.08. The quantitative estimate of drug-likeness (QED) is 0.630. The Kier molecular flexibility index (Phi) is 4.81. The van der Waals surface area contributed by atoms with Gasteiger partial charge in [-0.15, -0.1) is 0 Å². The van der Waals surface area contributed by atoms with Crippen LogP contribution in [0.1, 0.15) is 26.3 Å². The van der Waals surface area contributed by atoms with Gasteiger partial charge in [-0.1, -0.05) is 0 Å². The lowest BCUT2D eigenvalue weighted by Gasteiger charge is -2.18. The summed E-state index contributed by atoms with van der Waals surface area (Å²) < 4.78 is 37.5. The Morgan fingerprint density at radius 1 is 1.35 bits per heavy atom. The Bertz CT molecular complexity index is 507. The Morgan fingerprint density at radius 2 is 2.00 bits per heavy atom. The fourth-order valence-electron chi connectivity index (χ4n) is 1.33. The van der Waals surface area contributed by atoms with Crippen molar-refractivity contribution in [2.75, 3.05) is 7.11 Å². The van der Waals surface area contributed by atoms with E-state index in [4.69, 9.17) is 9.47 Å². The molecule has 0 amide bonds. The summed E-state index contributed by atoms with van der Waals surface area (Å²) in [6.45, 7) is 4.97. The number of carbonyl (C=O) groups excluding carboxylic acids is 1. The van der Waals surface area contributed by atoms with Crippen molar-refractivity contribution in [3.63, 3.8) is 0 Å². The Morgan fingerprint density at radius 3 is 2.55 bits per heavy atom. The SMILES string of the molecule is COc1cc(C(F)(F)/C=C/C(=O)OC(C)(C)C)ccn1. The zero-order valence-corrected chi connectivity index (χ0v) is 11.8. The molecule has 4 nitrogen and oxygen atoms in total. The van der Waals surface area contributed by atoms with Crippen molar-refractivity contribution < 1.29 is 23.0 Å². The molecule has 1 rings (SSSR count). The molecule has 0 spiro atoms. The molecule has 1 aromatic rings. The molecule has 0 bridgehead atoms. The molecule has 0 aliphatic rings. The van der Waals surface area contributed by atoms with E-state index < -0.39 is 17.5 Å². The van der Waals surface area contributed by atoms with Gasteiger partial charge in [-0.25, -0.2) is 9.78 Å². The van der Waals surface area contributed by atoms with Gasteiger partial charge in [0.1, 0.15) is 5.60 Å². The van der Waals surface area contributed by atoms with E-state index in [1.165, 1.54) is 13.3 Å². The van der Waals surface area contributed by atoms with Crippen LogP contribution in [0.3, 0.4) is 0 Å². The third-order valence-corrected chi connectivity index (χ3v) is 2.16. The molecule has 0 aliphatic carbocycles. The largest absolute Gasteiger partial charge is 0.481 e. The van der Waals surface area contributed by atoms with Crippen molar-refractivity contribution in [1.29, 1.82) is 0 Å². The van der Waals surface area contributed by atoms with Crippen molar-refractivity contribution in [3.8, 4) is 5.88 Å². The number of hydrogen-bond acceptors (Lipinski definition) is 4. The van der Waals surface area contributed by atoms with E-state index in [1.807, 2.05) is 0 Å². The topological polar surface area (TPSA) is 48.4 Å². The van der Waals surface area contributed by atoms with Crippen molar-refractivity contribution in [3.05, 3.63) is 36.0 Å². The minimum absolute atomic E-state index is 0.0767. The van der Waals surface area contributed by atoms with Crippen LogP contribution >= 0.6 is 0 Å². The predicted molar refractivity (Wildman–Crippen MR) is 69.7 cm³/mol. The zero-order chi connectivity index (χ0) is 15.4.